The summed E-state index contributed by atoms with van der Waals surface area (Å²) < 4.78 is 38.0. The van der Waals surface area contributed by atoms with Crippen LogP contribution in [0.25, 0.3) is 5.82 Å². The number of alkyl halides is 3. The molecule has 3 N–H and O–H groups in total. The number of aromatic nitrogens is 3. The molecule has 100 valence electrons. The van der Waals surface area contributed by atoms with Gasteiger partial charge in [-0.2, -0.15) is 18.3 Å². The molecule has 0 spiro atoms. The molecule has 2 aromatic heterocycles. The number of hydrogen-bond donors (Lipinski definition) is 2. The van der Waals surface area contributed by atoms with Gasteiger partial charge in [0, 0.05) is 6.20 Å². The summed E-state index contributed by atoms with van der Waals surface area (Å²) in [7, 11) is 0. The molecule has 0 saturated carbocycles. The van der Waals surface area contributed by atoms with Gasteiger partial charge in [0.25, 0.3) is 0 Å². The second kappa shape index (κ2) is 4.26. The maximum absolute atomic E-state index is 12.4. The summed E-state index contributed by atoms with van der Waals surface area (Å²) in [6.45, 7) is 0. The van der Waals surface area contributed by atoms with Crippen LogP contribution in [0.3, 0.4) is 0 Å². The predicted molar refractivity (Wildman–Crippen MR) is 57.7 cm³/mol. The lowest BCUT2D eigenvalue weighted by atomic mass is 10.2. The number of nitrogen functional groups attached to an aromatic ring is 1. The summed E-state index contributed by atoms with van der Waals surface area (Å²) in [6.07, 6.45) is -2.14. The van der Waals surface area contributed by atoms with Crippen molar-refractivity contribution >= 4 is 11.7 Å². The zero-order valence-electron chi connectivity index (χ0n) is 9.22. The van der Waals surface area contributed by atoms with E-state index in [1.807, 2.05) is 0 Å². The van der Waals surface area contributed by atoms with Crippen LogP contribution in [-0.2, 0) is 6.18 Å². The Morgan fingerprint density at radius 3 is 2.58 bits per heavy atom. The molecule has 0 aliphatic heterocycles. The lowest BCUT2D eigenvalue weighted by molar-refractivity contribution is -0.137. The number of aromatic carboxylic acids is 1. The molecule has 0 unspecified atom stereocenters. The molecule has 0 bridgehead atoms. The smallest absolute Gasteiger partial charge is 0.419 e. The van der Waals surface area contributed by atoms with Gasteiger partial charge in [-0.05, 0) is 6.07 Å². The van der Waals surface area contributed by atoms with Gasteiger partial charge >= 0.3 is 12.1 Å². The molecular weight excluding hydrogens is 265 g/mol. The molecule has 0 fully saturated rings. The first-order valence-corrected chi connectivity index (χ1v) is 4.90. The van der Waals surface area contributed by atoms with E-state index in [0.29, 0.717) is 12.4 Å². The van der Waals surface area contributed by atoms with Gasteiger partial charge in [-0.1, -0.05) is 0 Å². The molecule has 0 atom stereocenters. The lowest BCUT2D eigenvalue weighted by Gasteiger charge is -2.04. The Kier molecular flexibility index (Phi) is 2.89. The predicted octanol–water partition coefficient (Wildman–Crippen LogP) is 1.57. The number of carboxylic acid groups (broad SMARTS) is 1. The van der Waals surface area contributed by atoms with Gasteiger partial charge in [0.15, 0.2) is 5.82 Å². The number of anilines is 1. The number of pyridine rings is 1. The van der Waals surface area contributed by atoms with Crippen LogP contribution in [0, 0.1) is 0 Å². The van der Waals surface area contributed by atoms with Crippen LogP contribution in [0.1, 0.15) is 15.9 Å². The van der Waals surface area contributed by atoms with E-state index in [1.54, 1.807) is 0 Å². The summed E-state index contributed by atoms with van der Waals surface area (Å²) in [5.41, 5.74) is 4.10. The maximum Gasteiger partial charge on any atom is 0.419 e. The molecule has 0 saturated heterocycles. The molecule has 2 heterocycles. The van der Waals surface area contributed by atoms with E-state index in [-0.39, 0.29) is 17.1 Å². The van der Waals surface area contributed by atoms with Gasteiger partial charge in [0.05, 0.1) is 29.2 Å². The fourth-order valence-electron chi connectivity index (χ4n) is 1.36. The monoisotopic (exact) mass is 272 g/mol. The maximum atomic E-state index is 12.4. The van der Waals surface area contributed by atoms with Crippen LogP contribution in [-0.4, -0.2) is 25.8 Å². The Hall–Kier alpha value is -2.58. The molecular formula is C10H7F3N4O2. The highest BCUT2D eigenvalue weighted by Gasteiger charge is 2.32. The van der Waals surface area contributed by atoms with Crippen molar-refractivity contribution in [1.29, 1.82) is 0 Å². The number of nitrogens with two attached hydrogens (primary N) is 1. The van der Waals surface area contributed by atoms with Crippen molar-refractivity contribution in [2.24, 2.45) is 0 Å². The highest BCUT2D eigenvalue weighted by Crippen LogP contribution is 2.29. The van der Waals surface area contributed by atoms with Crippen molar-refractivity contribution < 1.29 is 23.1 Å². The second-order valence-corrected chi connectivity index (χ2v) is 3.61. The Morgan fingerprint density at radius 2 is 2.05 bits per heavy atom. The molecule has 19 heavy (non-hydrogen) atoms. The standard InChI is InChI=1S/C10H7F3N4O2/c11-10(12,13)5-2-16-17(4-5)8-1-6(9(18)19)7(14)3-15-8/h1-4H,14H2,(H,18,19). The highest BCUT2D eigenvalue weighted by molar-refractivity contribution is 5.93. The van der Waals surface area contributed by atoms with E-state index in [1.165, 1.54) is 0 Å². The summed E-state index contributed by atoms with van der Waals surface area (Å²) in [6, 6.07) is 1.05. The minimum Gasteiger partial charge on any atom is -0.478 e. The number of nitrogens with zero attached hydrogens (tertiary/aromatic N) is 3. The first kappa shape index (κ1) is 12.9. The minimum atomic E-state index is -4.53. The van der Waals surface area contributed by atoms with E-state index >= 15 is 0 Å². The second-order valence-electron chi connectivity index (χ2n) is 3.61. The largest absolute Gasteiger partial charge is 0.478 e. The summed E-state index contributed by atoms with van der Waals surface area (Å²) in [4.78, 5) is 14.6. The van der Waals surface area contributed by atoms with E-state index < -0.39 is 17.7 Å². The Labute approximate surface area is 104 Å². The molecule has 2 aromatic rings. The summed E-state index contributed by atoms with van der Waals surface area (Å²) in [5, 5.41) is 12.3. The molecule has 0 amide bonds. The van der Waals surface area contributed by atoms with Crippen LogP contribution in [0.4, 0.5) is 18.9 Å². The Balaban J connectivity index is 2.45. The van der Waals surface area contributed by atoms with Crippen LogP contribution in [0.5, 0.6) is 0 Å². The quantitative estimate of drug-likeness (QED) is 0.865. The van der Waals surface area contributed by atoms with Gasteiger partial charge in [-0.3, -0.25) is 0 Å². The first-order chi connectivity index (χ1) is 8.79. The topological polar surface area (TPSA) is 94.0 Å². The van der Waals surface area contributed by atoms with Crippen molar-refractivity contribution in [2.45, 2.75) is 6.18 Å². The zero-order valence-corrected chi connectivity index (χ0v) is 9.22. The van der Waals surface area contributed by atoms with Gasteiger partial charge in [0.1, 0.15) is 0 Å². The van der Waals surface area contributed by atoms with Crippen LogP contribution in [0.15, 0.2) is 24.7 Å². The van der Waals surface area contributed by atoms with Crippen molar-refractivity contribution in [3.8, 4) is 5.82 Å². The van der Waals surface area contributed by atoms with Crippen molar-refractivity contribution in [1.82, 2.24) is 14.8 Å². The Bertz CT molecular complexity index is 636. The molecule has 0 aromatic carbocycles. The SMILES string of the molecule is Nc1cnc(-n2cc(C(F)(F)F)cn2)cc1C(=O)O. The van der Waals surface area contributed by atoms with Gasteiger partial charge < -0.3 is 10.8 Å². The average molecular weight is 272 g/mol. The van der Waals surface area contributed by atoms with E-state index in [9.17, 15) is 18.0 Å². The molecule has 9 heteroatoms. The number of carboxylic acids is 1. The minimum absolute atomic E-state index is 0.0675. The Morgan fingerprint density at radius 1 is 1.37 bits per heavy atom. The first-order valence-electron chi connectivity index (χ1n) is 4.90. The van der Waals surface area contributed by atoms with Crippen LogP contribution < -0.4 is 5.73 Å². The van der Waals surface area contributed by atoms with Crippen molar-refractivity contribution in [3.63, 3.8) is 0 Å². The number of carbonyl (C=O) groups is 1. The van der Waals surface area contributed by atoms with Gasteiger partial charge in [-0.25, -0.2) is 14.5 Å². The van der Waals surface area contributed by atoms with Gasteiger partial charge in [-0.15, -0.1) is 0 Å². The average Bonchev–Trinajstić information content (AvgIpc) is 2.78. The lowest BCUT2D eigenvalue weighted by Crippen LogP contribution is -2.07. The summed E-state index contributed by atoms with van der Waals surface area (Å²) >= 11 is 0. The summed E-state index contributed by atoms with van der Waals surface area (Å²) in [5.74, 6) is -1.37. The molecule has 0 radical (unpaired) electrons. The van der Waals surface area contributed by atoms with E-state index in [0.717, 1.165) is 16.9 Å². The molecule has 2 rings (SSSR count). The van der Waals surface area contributed by atoms with Crippen molar-refractivity contribution in [2.75, 3.05) is 5.73 Å². The van der Waals surface area contributed by atoms with Crippen LogP contribution >= 0.6 is 0 Å². The van der Waals surface area contributed by atoms with Crippen LogP contribution in [0.2, 0.25) is 0 Å². The molecule has 0 aliphatic rings. The highest BCUT2D eigenvalue weighted by atomic mass is 19.4. The molecule has 6 nitrogen and oxygen atoms in total. The van der Waals surface area contributed by atoms with E-state index in [2.05, 4.69) is 10.1 Å². The molecule has 0 aliphatic carbocycles. The van der Waals surface area contributed by atoms with Crippen molar-refractivity contribution in [3.05, 3.63) is 35.8 Å². The number of halogens is 3. The fraction of sp³-hybridized carbons (Fsp3) is 0.100. The third-order valence-corrected chi connectivity index (χ3v) is 2.30. The number of hydrogen-bond acceptors (Lipinski definition) is 4. The van der Waals surface area contributed by atoms with Gasteiger partial charge in [0.2, 0.25) is 0 Å². The normalized spacial score (nSPS) is 11.5. The zero-order chi connectivity index (χ0) is 14.2. The number of rotatable bonds is 2. The third-order valence-electron chi connectivity index (χ3n) is 2.30. The third kappa shape index (κ3) is 2.49. The fourth-order valence-corrected chi connectivity index (χ4v) is 1.36. The van der Waals surface area contributed by atoms with E-state index in [4.69, 9.17) is 10.8 Å².